The summed E-state index contributed by atoms with van der Waals surface area (Å²) in [5, 5.41) is 6.61. The number of nitrogens with one attached hydrogen (secondary N) is 1. The Morgan fingerprint density at radius 2 is 1.85 bits per heavy atom. The van der Waals surface area contributed by atoms with Crippen molar-refractivity contribution in [2.45, 2.75) is 20.8 Å². The number of rotatable bonds is 8. The third kappa shape index (κ3) is 5.81. The highest BCUT2D eigenvalue weighted by molar-refractivity contribution is 5.92. The summed E-state index contributed by atoms with van der Waals surface area (Å²) in [7, 11) is 1.58. The van der Waals surface area contributed by atoms with Gasteiger partial charge in [-0.05, 0) is 62.2 Å². The van der Waals surface area contributed by atoms with Crippen molar-refractivity contribution in [2.75, 3.05) is 25.6 Å². The molecule has 0 aromatic heterocycles. The molecule has 2 aromatic rings. The minimum absolute atomic E-state index is 0.169. The van der Waals surface area contributed by atoms with Gasteiger partial charge in [0.15, 0.2) is 18.1 Å². The van der Waals surface area contributed by atoms with Crippen LogP contribution < -0.4 is 14.8 Å². The molecule has 6 heteroatoms. The van der Waals surface area contributed by atoms with Gasteiger partial charge in [-0.15, -0.1) is 0 Å². The second kappa shape index (κ2) is 9.46. The Bertz CT molecular complexity index is 767. The first-order valence-electron chi connectivity index (χ1n) is 8.36. The summed E-state index contributed by atoms with van der Waals surface area (Å²) in [4.78, 5) is 17.0. The van der Waals surface area contributed by atoms with Gasteiger partial charge in [0, 0.05) is 11.3 Å². The number of hydrogen-bond donors (Lipinski definition) is 1. The lowest BCUT2D eigenvalue weighted by molar-refractivity contribution is -0.120. The zero-order valence-electron chi connectivity index (χ0n) is 15.5. The van der Waals surface area contributed by atoms with Crippen molar-refractivity contribution in [3.8, 4) is 11.5 Å². The van der Waals surface area contributed by atoms with E-state index in [0.717, 1.165) is 22.4 Å². The molecular weight excluding hydrogens is 332 g/mol. The average Bonchev–Trinajstić information content (AvgIpc) is 2.59. The van der Waals surface area contributed by atoms with Gasteiger partial charge in [0.1, 0.15) is 0 Å². The fourth-order valence-electron chi connectivity index (χ4n) is 2.48. The maximum atomic E-state index is 11.9. The normalized spacial score (nSPS) is 10.6. The monoisotopic (exact) mass is 356 g/mol. The Morgan fingerprint density at radius 3 is 2.50 bits per heavy atom. The Kier molecular flexibility index (Phi) is 7.02. The number of methoxy groups -OCH3 is 1. The highest BCUT2D eigenvalue weighted by Crippen LogP contribution is 2.27. The van der Waals surface area contributed by atoms with E-state index >= 15 is 0 Å². The molecule has 138 valence electrons. The third-order valence-electron chi connectivity index (χ3n) is 3.46. The van der Waals surface area contributed by atoms with Crippen LogP contribution in [0.3, 0.4) is 0 Å². The number of hydrogen-bond acceptors (Lipinski definition) is 5. The van der Waals surface area contributed by atoms with Gasteiger partial charge in [0.2, 0.25) is 0 Å². The van der Waals surface area contributed by atoms with Gasteiger partial charge in [-0.3, -0.25) is 4.79 Å². The molecule has 0 aliphatic carbocycles. The van der Waals surface area contributed by atoms with Crippen LogP contribution in [-0.4, -0.2) is 32.4 Å². The predicted octanol–water partition coefficient (Wildman–Crippen LogP) is 3.70. The fraction of sp³-hybridized carbons (Fsp3) is 0.300. The zero-order chi connectivity index (χ0) is 18.9. The number of aryl methyl sites for hydroxylation is 2. The minimum atomic E-state index is -0.267. The first-order chi connectivity index (χ1) is 12.5. The number of nitrogens with zero attached hydrogens (tertiary/aromatic N) is 1. The van der Waals surface area contributed by atoms with Crippen LogP contribution in [0.4, 0.5) is 5.69 Å². The number of anilines is 1. The maximum Gasteiger partial charge on any atom is 0.265 e. The second-order valence-electron chi connectivity index (χ2n) is 5.78. The van der Waals surface area contributed by atoms with Crippen LogP contribution in [0.1, 0.15) is 23.6 Å². The van der Waals surface area contributed by atoms with E-state index in [1.54, 1.807) is 19.2 Å². The number of carbonyl (C=O) groups excluding carboxylic acids is 1. The Balaban J connectivity index is 1.87. The molecule has 0 fully saturated rings. The summed E-state index contributed by atoms with van der Waals surface area (Å²) >= 11 is 0. The lowest BCUT2D eigenvalue weighted by atomic mass is 10.1. The van der Waals surface area contributed by atoms with E-state index in [1.165, 1.54) is 6.21 Å². The van der Waals surface area contributed by atoms with E-state index in [4.69, 9.17) is 14.3 Å². The second-order valence-corrected chi connectivity index (χ2v) is 5.78. The van der Waals surface area contributed by atoms with Gasteiger partial charge in [0.25, 0.3) is 5.91 Å². The number of amides is 1. The molecule has 0 radical (unpaired) electrons. The van der Waals surface area contributed by atoms with Crippen LogP contribution >= 0.6 is 0 Å². The molecular formula is C20H24N2O4. The molecule has 0 unspecified atom stereocenters. The van der Waals surface area contributed by atoms with Crippen LogP contribution in [0.2, 0.25) is 0 Å². The number of ether oxygens (including phenoxy) is 2. The van der Waals surface area contributed by atoms with Crippen molar-refractivity contribution in [1.29, 1.82) is 0 Å². The molecule has 0 aliphatic rings. The van der Waals surface area contributed by atoms with Crippen LogP contribution in [0.15, 0.2) is 41.6 Å². The zero-order valence-corrected chi connectivity index (χ0v) is 15.5. The molecule has 0 saturated heterocycles. The lowest BCUT2D eigenvalue weighted by Gasteiger charge is -2.09. The Morgan fingerprint density at radius 1 is 1.12 bits per heavy atom. The van der Waals surface area contributed by atoms with Crippen LogP contribution in [0.5, 0.6) is 11.5 Å². The first-order valence-corrected chi connectivity index (χ1v) is 8.36. The van der Waals surface area contributed by atoms with E-state index < -0.39 is 0 Å². The molecule has 0 atom stereocenters. The van der Waals surface area contributed by atoms with Crippen molar-refractivity contribution >= 4 is 17.8 Å². The SMILES string of the molecule is CCOc1ccc(/C=N/OCC(=O)Nc2cc(C)cc(C)c2)cc1OC. The highest BCUT2D eigenvalue weighted by Gasteiger charge is 2.05. The summed E-state index contributed by atoms with van der Waals surface area (Å²) < 4.78 is 10.7. The van der Waals surface area contributed by atoms with Gasteiger partial charge in [-0.25, -0.2) is 0 Å². The Labute approximate surface area is 153 Å². The topological polar surface area (TPSA) is 69.2 Å². The van der Waals surface area contributed by atoms with Crippen molar-refractivity contribution < 1.29 is 19.1 Å². The van der Waals surface area contributed by atoms with Crippen LogP contribution in [0, 0.1) is 13.8 Å². The minimum Gasteiger partial charge on any atom is -0.493 e. The van der Waals surface area contributed by atoms with Crippen molar-refractivity contribution in [3.63, 3.8) is 0 Å². The maximum absolute atomic E-state index is 11.9. The average molecular weight is 356 g/mol. The van der Waals surface area contributed by atoms with E-state index in [2.05, 4.69) is 10.5 Å². The molecule has 26 heavy (non-hydrogen) atoms. The quantitative estimate of drug-likeness (QED) is 0.578. The van der Waals surface area contributed by atoms with Gasteiger partial charge < -0.3 is 19.6 Å². The van der Waals surface area contributed by atoms with E-state index in [9.17, 15) is 4.79 Å². The summed E-state index contributed by atoms with van der Waals surface area (Å²) in [6.07, 6.45) is 1.52. The molecule has 1 N–H and O–H groups in total. The number of benzene rings is 2. The lowest BCUT2D eigenvalue weighted by Crippen LogP contribution is -2.17. The summed E-state index contributed by atoms with van der Waals surface area (Å²) in [5.74, 6) is 1.01. The number of oxime groups is 1. The summed E-state index contributed by atoms with van der Waals surface area (Å²) in [6.45, 7) is 6.26. The van der Waals surface area contributed by atoms with Crippen LogP contribution in [0.25, 0.3) is 0 Å². The van der Waals surface area contributed by atoms with Crippen molar-refractivity contribution in [1.82, 2.24) is 0 Å². The van der Waals surface area contributed by atoms with E-state index in [1.807, 2.05) is 45.0 Å². The van der Waals surface area contributed by atoms with Crippen molar-refractivity contribution in [2.24, 2.45) is 5.16 Å². The molecule has 2 aromatic carbocycles. The summed E-state index contributed by atoms with van der Waals surface area (Å²) in [5.41, 5.74) is 3.70. The largest absolute Gasteiger partial charge is 0.493 e. The van der Waals surface area contributed by atoms with Gasteiger partial charge in [-0.2, -0.15) is 0 Å². The molecule has 0 bridgehead atoms. The van der Waals surface area contributed by atoms with Crippen LogP contribution in [-0.2, 0) is 9.63 Å². The standard InChI is InChI=1S/C20H24N2O4/c1-5-25-18-7-6-16(11-19(18)24-4)12-21-26-13-20(23)22-17-9-14(2)8-15(3)10-17/h6-12H,5,13H2,1-4H3,(H,22,23)/b21-12+. The molecule has 1 amide bonds. The first kappa shape index (κ1) is 19.3. The van der Waals surface area contributed by atoms with Gasteiger partial charge >= 0.3 is 0 Å². The van der Waals surface area contributed by atoms with Crippen molar-refractivity contribution in [3.05, 3.63) is 53.1 Å². The molecule has 0 heterocycles. The molecule has 0 aliphatic heterocycles. The molecule has 0 spiro atoms. The molecule has 2 rings (SSSR count). The third-order valence-corrected chi connectivity index (χ3v) is 3.46. The number of carbonyl (C=O) groups is 1. The Hall–Kier alpha value is -3.02. The highest BCUT2D eigenvalue weighted by atomic mass is 16.6. The predicted molar refractivity (Wildman–Crippen MR) is 102 cm³/mol. The van der Waals surface area contributed by atoms with Gasteiger partial charge in [-0.1, -0.05) is 11.2 Å². The van der Waals surface area contributed by atoms with Gasteiger partial charge in [0.05, 0.1) is 19.9 Å². The summed E-state index contributed by atoms with van der Waals surface area (Å²) in [6, 6.07) is 11.3. The molecule has 6 nitrogen and oxygen atoms in total. The van der Waals surface area contributed by atoms with E-state index in [-0.39, 0.29) is 12.5 Å². The molecule has 0 saturated carbocycles. The smallest absolute Gasteiger partial charge is 0.265 e. The van der Waals surface area contributed by atoms with E-state index in [0.29, 0.717) is 18.1 Å². The fourth-order valence-corrected chi connectivity index (χ4v) is 2.48.